The Hall–Kier alpha value is -2.08. The quantitative estimate of drug-likeness (QED) is 0.605. The van der Waals surface area contributed by atoms with Gasteiger partial charge >= 0.3 is 5.97 Å². The highest BCUT2D eigenvalue weighted by Crippen LogP contribution is 2.08. The molecule has 0 amide bonds. The molecule has 1 aromatic heterocycles. The SMILES string of the molecule is CC/C=C(/C#Cc1cnccc1C(=O)OC)CC. The van der Waals surface area contributed by atoms with Crippen molar-refractivity contribution in [1.82, 2.24) is 4.98 Å². The highest BCUT2D eigenvalue weighted by Gasteiger charge is 2.09. The predicted octanol–water partition coefficient (Wildman–Crippen LogP) is 2.97. The summed E-state index contributed by atoms with van der Waals surface area (Å²) in [6, 6.07) is 1.62. The van der Waals surface area contributed by atoms with Gasteiger partial charge in [-0.25, -0.2) is 4.79 Å². The van der Waals surface area contributed by atoms with Gasteiger partial charge in [-0.2, -0.15) is 0 Å². The molecular formula is C15H17NO2. The van der Waals surface area contributed by atoms with Gasteiger partial charge < -0.3 is 4.74 Å². The number of allylic oxidation sites excluding steroid dienone is 2. The zero-order valence-electron chi connectivity index (χ0n) is 11.0. The summed E-state index contributed by atoms with van der Waals surface area (Å²) < 4.78 is 4.71. The fraction of sp³-hybridized carbons (Fsp3) is 0.333. The van der Waals surface area contributed by atoms with E-state index in [1.807, 2.05) is 0 Å². The van der Waals surface area contributed by atoms with Crippen LogP contribution < -0.4 is 0 Å². The van der Waals surface area contributed by atoms with E-state index in [1.54, 1.807) is 18.5 Å². The van der Waals surface area contributed by atoms with Crippen molar-refractivity contribution in [3.05, 3.63) is 41.2 Å². The Labute approximate surface area is 108 Å². The molecule has 0 radical (unpaired) electrons. The molecule has 0 bridgehead atoms. The van der Waals surface area contributed by atoms with Crippen LogP contribution in [0.4, 0.5) is 0 Å². The second kappa shape index (κ2) is 7.29. The van der Waals surface area contributed by atoms with Crippen LogP contribution >= 0.6 is 0 Å². The summed E-state index contributed by atoms with van der Waals surface area (Å²) in [7, 11) is 1.36. The van der Waals surface area contributed by atoms with Gasteiger partial charge in [-0.05, 0) is 24.5 Å². The molecule has 0 fully saturated rings. The van der Waals surface area contributed by atoms with Crippen LogP contribution in [-0.2, 0) is 4.74 Å². The second-order valence-electron chi connectivity index (χ2n) is 3.65. The number of aromatic nitrogens is 1. The van der Waals surface area contributed by atoms with Crippen molar-refractivity contribution in [1.29, 1.82) is 0 Å². The molecular weight excluding hydrogens is 226 g/mol. The third-order valence-electron chi connectivity index (χ3n) is 2.42. The van der Waals surface area contributed by atoms with Gasteiger partial charge in [0, 0.05) is 12.4 Å². The zero-order chi connectivity index (χ0) is 13.4. The number of ether oxygens (including phenoxy) is 1. The third kappa shape index (κ3) is 3.74. The molecule has 0 spiro atoms. The van der Waals surface area contributed by atoms with Crippen molar-refractivity contribution in [3.63, 3.8) is 0 Å². The van der Waals surface area contributed by atoms with E-state index in [1.165, 1.54) is 7.11 Å². The molecule has 0 saturated heterocycles. The Morgan fingerprint density at radius 2 is 2.28 bits per heavy atom. The Morgan fingerprint density at radius 1 is 1.50 bits per heavy atom. The topological polar surface area (TPSA) is 39.2 Å². The van der Waals surface area contributed by atoms with E-state index < -0.39 is 0 Å². The van der Waals surface area contributed by atoms with Crippen LogP contribution in [0.3, 0.4) is 0 Å². The fourth-order valence-corrected chi connectivity index (χ4v) is 1.46. The van der Waals surface area contributed by atoms with Crippen LogP contribution in [0.15, 0.2) is 30.1 Å². The zero-order valence-corrected chi connectivity index (χ0v) is 11.0. The lowest BCUT2D eigenvalue weighted by Gasteiger charge is -2.00. The molecule has 0 aliphatic heterocycles. The number of hydrogen-bond acceptors (Lipinski definition) is 3. The molecule has 0 saturated carbocycles. The van der Waals surface area contributed by atoms with E-state index in [0.717, 1.165) is 18.4 Å². The lowest BCUT2D eigenvalue weighted by molar-refractivity contribution is 0.0600. The maximum Gasteiger partial charge on any atom is 0.339 e. The van der Waals surface area contributed by atoms with Crippen LogP contribution in [0.25, 0.3) is 0 Å². The number of carbonyl (C=O) groups is 1. The molecule has 0 N–H and O–H groups in total. The minimum Gasteiger partial charge on any atom is -0.465 e. The maximum atomic E-state index is 11.5. The van der Waals surface area contributed by atoms with Gasteiger partial charge in [0.05, 0.1) is 18.2 Å². The molecule has 1 rings (SSSR count). The summed E-state index contributed by atoms with van der Waals surface area (Å²) in [4.78, 5) is 15.5. The van der Waals surface area contributed by atoms with E-state index in [9.17, 15) is 4.79 Å². The minimum absolute atomic E-state index is 0.390. The van der Waals surface area contributed by atoms with E-state index in [0.29, 0.717) is 11.1 Å². The maximum absolute atomic E-state index is 11.5. The van der Waals surface area contributed by atoms with Crippen LogP contribution in [0.5, 0.6) is 0 Å². The molecule has 3 nitrogen and oxygen atoms in total. The van der Waals surface area contributed by atoms with E-state index in [-0.39, 0.29) is 5.97 Å². The number of nitrogens with zero attached hydrogens (tertiary/aromatic N) is 1. The van der Waals surface area contributed by atoms with Gasteiger partial charge in [0.1, 0.15) is 0 Å². The Kier molecular flexibility index (Phi) is 5.66. The predicted molar refractivity (Wildman–Crippen MR) is 71.1 cm³/mol. The molecule has 1 aromatic rings. The van der Waals surface area contributed by atoms with Gasteiger partial charge in [-0.15, -0.1) is 0 Å². The fourth-order valence-electron chi connectivity index (χ4n) is 1.46. The van der Waals surface area contributed by atoms with Gasteiger partial charge in [-0.1, -0.05) is 31.8 Å². The van der Waals surface area contributed by atoms with Crippen molar-refractivity contribution in [2.24, 2.45) is 0 Å². The Bertz CT molecular complexity index is 507. The number of rotatable bonds is 3. The Balaban J connectivity index is 3.08. The molecule has 18 heavy (non-hydrogen) atoms. The van der Waals surface area contributed by atoms with Crippen LogP contribution in [0, 0.1) is 11.8 Å². The molecule has 0 atom stereocenters. The van der Waals surface area contributed by atoms with E-state index in [2.05, 4.69) is 36.7 Å². The molecule has 1 heterocycles. The molecule has 0 aliphatic rings. The monoisotopic (exact) mass is 243 g/mol. The summed E-state index contributed by atoms with van der Waals surface area (Å²) in [5, 5.41) is 0. The van der Waals surface area contributed by atoms with E-state index in [4.69, 9.17) is 4.74 Å². The van der Waals surface area contributed by atoms with E-state index >= 15 is 0 Å². The largest absolute Gasteiger partial charge is 0.465 e. The van der Waals surface area contributed by atoms with Crippen molar-refractivity contribution in [2.75, 3.05) is 7.11 Å². The van der Waals surface area contributed by atoms with Gasteiger partial charge in [0.15, 0.2) is 0 Å². The number of pyridine rings is 1. The second-order valence-corrected chi connectivity index (χ2v) is 3.65. The van der Waals surface area contributed by atoms with Crippen LogP contribution in [-0.4, -0.2) is 18.1 Å². The average molecular weight is 243 g/mol. The number of esters is 1. The summed E-state index contributed by atoms with van der Waals surface area (Å²) in [5.41, 5.74) is 2.11. The summed E-state index contributed by atoms with van der Waals surface area (Å²) in [6.45, 7) is 4.13. The lowest BCUT2D eigenvalue weighted by Crippen LogP contribution is -2.04. The summed E-state index contributed by atoms with van der Waals surface area (Å²) >= 11 is 0. The summed E-state index contributed by atoms with van der Waals surface area (Å²) in [6.07, 6.45) is 7.06. The number of methoxy groups -OCH3 is 1. The molecule has 3 heteroatoms. The Morgan fingerprint density at radius 3 is 2.89 bits per heavy atom. The molecule has 94 valence electrons. The van der Waals surface area contributed by atoms with Gasteiger partial charge in [0.25, 0.3) is 0 Å². The van der Waals surface area contributed by atoms with Crippen LogP contribution in [0.1, 0.15) is 42.6 Å². The standard InChI is InChI=1S/C15H17NO2/c1-4-6-12(5-2)7-8-13-11-16-10-9-14(13)15(17)18-3/h6,9-11H,4-5H2,1-3H3/b12-6+. The average Bonchev–Trinajstić information content (AvgIpc) is 2.43. The van der Waals surface area contributed by atoms with Gasteiger partial charge in [0.2, 0.25) is 0 Å². The van der Waals surface area contributed by atoms with Crippen molar-refractivity contribution < 1.29 is 9.53 Å². The highest BCUT2D eigenvalue weighted by molar-refractivity contribution is 5.92. The summed E-state index contributed by atoms with van der Waals surface area (Å²) in [5.74, 6) is 5.66. The molecule has 0 aliphatic carbocycles. The molecule has 0 unspecified atom stereocenters. The highest BCUT2D eigenvalue weighted by atomic mass is 16.5. The number of hydrogen-bond donors (Lipinski definition) is 0. The van der Waals surface area contributed by atoms with Crippen molar-refractivity contribution in [3.8, 4) is 11.8 Å². The molecule has 0 aromatic carbocycles. The van der Waals surface area contributed by atoms with Crippen LogP contribution in [0.2, 0.25) is 0 Å². The first-order chi connectivity index (χ1) is 8.72. The van der Waals surface area contributed by atoms with Crippen molar-refractivity contribution >= 4 is 5.97 Å². The first kappa shape index (κ1) is 14.0. The first-order valence-electron chi connectivity index (χ1n) is 5.96. The lowest BCUT2D eigenvalue weighted by atomic mass is 10.1. The van der Waals surface area contributed by atoms with Crippen molar-refractivity contribution in [2.45, 2.75) is 26.7 Å². The third-order valence-corrected chi connectivity index (χ3v) is 2.42. The smallest absolute Gasteiger partial charge is 0.339 e. The normalized spacial score (nSPS) is 10.5. The minimum atomic E-state index is -0.390. The van der Waals surface area contributed by atoms with Gasteiger partial charge in [-0.3, -0.25) is 4.98 Å². The first-order valence-corrected chi connectivity index (χ1v) is 5.96. The number of carbonyl (C=O) groups excluding carboxylic acids is 1.